The molecule has 36 heavy (non-hydrogen) atoms. The van der Waals surface area contributed by atoms with Crippen LogP contribution in [-0.4, -0.2) is 62.3 Å². The third kappa shape index (κ3) is 5.22. The monoisotopic (exact) mass is 536 g/mol. The van der Waals surface area contributed by atoms with Crippen molar-refractivity contribution in [3.63, 3.8) is 0 Å². The molecule has 14 heteroatoms. The molecule has 1 unspecified atom stereocenters. The van der Waals surface area contributed by atoms with Crippen molar-refractivity contribution in [3.8, 4) is 0 Å². The first-order valence-corrected chi connectivity index (χ1v) is 12.9. The SMILES string of the molecule is CS(=O)(=O)c1cc(F)c(CC2CNC(=O)N2C2CCN(c3ncc(C(F)(F)F)cc3F)CC2)c(F)c1. The number of rotatable bonds is 5. The van der Waals surface area contributed by atoms with Gasteiger partial charge in [0.05, 0.1) is 16.5 Å². The lowest BCUT2D eigenvalue weighted by Crippen LogP contribution is -2.50. The van der Waals surface area contributed by atoms with Crippen LogP contribution in [0, 0.1) is 17.5 Å². The third-order valence-corrected chi connectivity index (χ3v) is 7.50. The van der Waals surface area contributed by atoms with Gasteiger partial charge in [-0.05, 0) is 31.0 Å². The first kappa shape index (κ1) is 26.0. The zero-order valence-corrected chi connectivity index (χ0v) is 19.8. The Morgan fingerprint density at radius 1 is 1.06 bits per heavy atom. The van der Waals surface area contributed by atoms with Gasteiger partial charge in [-0.1, -0.05) is 0 Å². The Labute approximate surface area is 203 Å². The normalized spacial score (nSPS) is 19.6. The number of carbonyl (C=O) groups excluding carboxylic acids is 1. The van der Waals surface area contributed by atoms with Crippen LogP contribution < -0.4 is 10.2 Å². The fourth-order valence-electron chi connectivity index (χ4n) is 4.59. The van der Waals surface area contributed by atoms with Gasteiger partial charge in [-0.3, -0.25) is 0 Å². The fourth-order valence-corrected chi connectivity index (χ4v) is 5.23. The summed E-state index contributed by atoms with van der Waals surface area (Å²) in [7, 11) is -3.82. The second-order valence-electron chi connectivity index (χ2n) is 8.83. The predicted octanol–water partition coefficient (Wildman–Crippen LogP) is 3.53. The van der Waals surface area contributed by atoms with Crippen molar-refractivity contribution in [3.05, 3.63) is 53.0 Å². The number of anilines is 1. The topological polar surface area (TPSA) is 82.6 Å². The van der Waals surface area contributed by atoms with Gasteiger partial charge < -0.3 is 15.1 Å². The number of sulfone groups is 1. The molecular weight excluding hydrogens is 514 g/mol. The second-order valence-corrected chi connectivity index (χ2v) is 10.9. The number of alkyl halides is 3. The van der Waals surface area contributed by atoms with E-state index < -0.39 is 56.0 Å². The van der Waals surface area contributed by atoms with E-state index in [-0.39, 0.29) is 43.5 Å². The van der Waals surface area contributed by atoms with Gasteiger partial charge in [0.2, 0.25) is 0 Å². The van der Waals surface area contributed by atoms with Crippen molar-refractivity contribution in [2.24, 2.45) is 0 Å². The summed E-state index contributed by atoms with van der Waals surface area (Å²) < 4.78 is 105. The highest BCUT2D eigenvalue weighted by atomic mass is 32.2. The Morgan fingerprint density at radius 2 is 1.67 bits per heavy atom. The van der Waals surface area contributed by atoms with Gasteiger partial charge in [0, 0.05) is 50.1 Å². The summed E-state index contributed by atoms with van der Waals surface area (Å²) in [6, 6.07) is 0.441. The molecule has 3 heterocycles. The van der Waals surface area contributed by atoms with E-state index in [9.17, 15) is 39.6 Å². The maximum Gasteiger partial charge on any atom is 0.417 e. The van der Waals surface area contributed by atoms with E-state index in [0.29, 0.717) is 25.1 Å². The Kier molecular flexibility index (Phi) is 6.84. The Bertz CT molecular complexity index is 1260. The van der Waals surface area contributed by atoms with Crippen LogP contribution in [0.1, 0.15) is 24.0 Å². The van der Waals surface area contributed by atoms with E-state index in [1.54, 1.807) is 0 Å². The summed E-state index contributed by atoms with van der Waals surface area (Å²) >= 11 is 0. The van der Waals surface area contributed by atoms with Crippen LogP contribution in [0.3, 0.4) is 0 Å². The Balaban J connectivity index is 1.47. The molecule has 2 aromatic rings. The number of pyridine rings is 1. The van der Waals surface area contributed by atoms with Crippen LogP contribution in [0.5, 0.6) is 0 Å². The van der Waals surface area contributed by atoms with Gasteiger partial charge in [0.1, 0.15) is 11.6 Å². The zero-order chi connectivity index (χ0) is 26.4. The van der Waals surface area contributed by atoms with Crippen molar-refractivity contribution < 1.29 is 39.6 Å². The number of nitrogens with zero attached hydrogens (tertiary/aromatic N) is 3. The average molecular weight is 536 g/mol. The molecule has 1 atom stereocenters. The molecule has 2 aliphatic heterocycles. The summed E-state index contributed by atoms with van der Waals surface area (Å²) in [5, 5.41) is 2.64. The molecule has 1 aromatic carbocycles. The van der Waals surface area contributed by atoms with Crippen LogP contribution in [0.2, 0.25) is 0 Å². The minimum atomic E-state index is -4.72. The van der Waals surface area contributed by atoms with Gasteiger partial charge in [-0.2, -0.15) is 13.2 Å². The molecule has 0 bridgehead atoms. The summed E-state index contributed by atoms with van der Waals surface area (Å²) in [6.07, 6.45) is -2.88. The van der Waals surface area contributed by atoms with E-state index in [4.69, 9.17) is 0 Å². The van der Waals surface area contributed by atoms with Crippen LogP contribution in [-0.2, 0) is 22.4 Å². The molecule has 2 aliphatic rings. The smallest absolute Gasteiger partial charge is 0.354 e. The van der Waals surface area contributed by atoms with Gasteiger partial charge >= 0.3 is 12.2 Å². The molecule has 0 saturated carbocycles. The molecule has 2 amide bonds. The van der Waals surface area contributed by atoms with E-state index in [1.165, 1.54) is 9.80 Å². The van der Waals surface area contributed by atoms with E-state index in [1.807, 2.05) is 0 Å². The summed E-state index contributed by atoms with van der Waals surface area (Å²) in [6.45, 7) is 0.505. The molecule has 7 nitrogen and oxygen atoms in total. The number of piperidine rings is 1. The Hall–Kier alpha value is -3.03. The molecule has 1 aromatic heterocycles. The zero-order valence-electron chi connectivity index (χ0n) is 18.9. The second kappa shape index (κ2) is 9.45. The molecule has 0 aliphatic carbocycles. The minimum absolute atomic E-state index is 0.112. The van der Waals surface area contributed by atoms with Crippen molar-refractivity contribution in [1.29, 1.82) is 0 Å². The van der Waals surface area contributed by atoms with E-state index in [2.05, 4.69) is 10.3 Å². The molecule has 1 N–H and O–H groups in total. The van der Waals surface area contributed by atoms with Crippen LogP contribution in [0.15, 0.2) is 29.3 Å². The van der Waals surface area contributed by atoms with E-state index in [0.717, 1.165) is 18.4 Å². The fraction of sp³-hybridized carbons (Fsp3) is 0.455. The summed E-state index contributed by atoms with van der Waals surface area (Å²) in [5.41, 5.74) is -1.54. The molecule has 4 rings (SSSR count). The lowest BCUT2D eigenvalue weighted by molar-refractivity contribution is -0.138. The van der Waals surface area contributed by atoms with Crippen LogP contribution in [0.25, 0.3) is 0 Å². The first-order valence-electron chi connectivity index (χ1n) is 11.0. The van der Waals surface area contributed by atoms with Crippen LogP contribution in [0.4, 0.5) is 37.0 Å². The number of nitrogens with one attached hydrogen (secondary N) is 1. The van der Waals surface area contributed by atoms with Gasteiger partial charge in [0.25, 0.3) is 0 Å². The first-order chi connectivity index (χ1) is 16.8. The predicted molar refractivity (Wildman–Crippen MR) is 117 cm³/mol. The molecule has 2 saturated heterocycles. The number of benzene rings is 1. The lowest BCUT2D eigenvalue weighted by atomic mass is 9.98. The van der Waals surface area contributed by atoms with Gasteiger partial charge in [0.15, 0.2) is 21.5 Å². The number of aromatic nitrogens is 1. The largest absolute Gasteiger partial charge is 0.417 e. The van der Waals surface area contributed by atoms with E-state index >= 15 is 0 Å². The third-order valence-electron chi connectivity index (χ3n) is 6.41. The highest BCUT2D eigenvalue weighted by Gasteiger charge is 2.39. The number of urea groups is 1. The molecule has 196 valence electrons. The van der Waals surface area contributed by atoms with Crippen LogP contribution >= 0.6 is 0 Å². The quantitative estimate of drug-likeness (QED) is 0.592. The summed E-state index contributed by atoms with van der Waals surface area (Å²) in [5.74, 6) is -3.40. The van der Waals surface area contributed by atoms with Crippen molar-refractivity contribution in [2.75, 3.05) is 30.8 Å². The maximum atomic E-state index is 14.6. The molecule has 0 radical (unpaired) electrons. The standard InChI is InChI=1S/C22H22F6N4O3S/c1-36(34,35)15-8-17(23)16(18(24)9-15)7-14-11-30-21(33)32(14)13-2-4-31(5-3-13)20-19(25)6-12(10-29-20)22(26,27)28/h6,8-10,13-14H,2-5,7,11H2,1H3,(H,30,33). The Morgan fingerprint density at radius 3 is 2.19 bits per heavy atom. The number of hydrogen-bond acceptors (Lipinski definition) is 5. The van der Waals surface area contributed by atoms with Crippen molar-refractivity contribution in [1.82, 2.24) is 15.2 Å². The van der Waals surface area contributed by atoms with Gasteiger partial charge in [-0.25, -0.2) is 31.4 Å². The number of halogens is 6. The van der Waals surface area contributed by atoms with Crippen molar-refractivity contribution >= 4 is 21.7 Å². The molecule has 0 spiro atoms. The van der Waals surface area contributed by atoms with Crippen molar-refractivity contribution in [2.45, 2.75) is 42.4 Å². The molecule has 2 fully saturated rings. The lowest BCUT2D eigenvalue weighted by Gasteiger charge is -2.39. The maximum absolute atomic E-state index is 14.6. The highest BCUT2D eigenvalue weighted by molar-refractivity contribution is 7.90. The van der Waals surface area contributed by atoms with Gasteiger partial charge in [-0.15, -0.1) is 0 Å². The minimum Gasteiger partial charge on any atom is -0.354 e. The molecular formula is C22H22F6N4O3S. The average Bonchev–Trinajstić information content (AvgIpc) is 3.15. The number of amides is 2. The number of carbonyl (C=O) groups is 1. The number of hydrogen-bond donors (Lipinski definition) is 1. The summed E-state index contributed by atoms with van der Waals surface area (Å²) in [4.78, 5) is 18.6. The highest BCUT2D eigenvalue weighted by Crippen LogP contribution is 2.32.